The number of aliphatic hydroxyl groups excluding tert-OH is 1. The minimum atomic E-state index is 0.258. The van der Waals surface area contributed by atoms with E-state index in [4.69, 9.17) is 14.6 Å². The van der Waals surface area contributed by atoms with Crippen molar-refractivity contribution in [3.05, 3.63) is 28.2 Å². The van der Waals surface area contributed by atoms with Gasteiger partial charge in [0.05, 0.1) is 17.7 Å². The molecule has 0 fully saturated rings. The predicted molar refractivity (Wildman–Crippen MR) is 84.2 cm³/mol. The monoisotopic (exact) mass is 345 g/mol. The molecule has 5 heteroatoms. The number of nitrogens with one attached hydrogen (secondary N) is 1. The Kier molecular flexibility index (Phi) is 9.66. The normalized spacial score (nSPS) is 10.8. The summed E-state index contributed by atoms with van der Waals surface area (Å²) in [7, 11) is 1.70. The molecule has 114 valence electrons. The molecule has 0 heterocycles. The van der Waals surface area contributed by atoms with Crippen LogP contribution in [0.15, 0.2) is 22.7 Å². The van der Waals surface area contributed by atoms with Gasteiger partial charge in [0.15, 0.2) is 0 Å². The molecule has 0 unspecified atom stereocenters. The number of hydrogen-bond acceptors (Lipinski definition) is 4. The molecule has 1 rings (SSSR count). The zero-order valence-corrected chi connectivity index (χ0v) is 13.6. The van der Waals surface area contributed by atoms with Crippen LogP contribution in [0.5, 0.6) is 5.75 Å². The van der Waals surface area contributed by atoms with E-state index in [-0.39, 0.29) is 6.61 Å². The quantitative estimate of drug-likeness (QED) is 0.605. The van der Waals surface area contributed by atoms with Crippen LogP contribution in [0, 0.1) is 0 Å². The van der Waals surface area contributed by atoms with Crippen molar-refractivity contribution in [2.45, 2.75) is 25.8 Å². The number of methoxy groups -OCH3 is 1. The van der Waals surface area contributed by atoms with Crippen molar-refractivity contribution in [2.75, 3.05) is 33.5 Å². The van der Waals surface area contributed by atoms with Gasteiger partial charge in [-0.15, -0.1) is 0 Å². The maximum absolute atomic E-state index is 8.70. The van der Waals surface area contributed by atoms with Gasteiger partial charge in [-0.25, -0.2) is 0 Å². The molecule has 0 amide bonds. The van der Waals surface area contributed by atoms with E-state index in [1.54, 1.807) is 7.11 Å². The van der Waals surface area contributed by atoms with Crippen molar-refractivity contribution < 1.29 is 14.6 Å². The van der Waals surface area contributed by atoms with Crippen molar-refractivity contribution in [1.29, 1.82) is 0 Å². The third-order valence-corrected chi connectivity index (χ3v) is 3.49. The highest BCUT2D eigenvalue weighted by Crippen LogP contribution is 2.26. The van der Waals surface area contributed by atoms with Gasteiger partial charge >= 0.3 is 0 Å². The molecule has 0 aromatic heterocycles. The second kappa shape index (κ2) is 11.1. The summed E-state index contributed by atoms with van der Waals surface area (Å²) in [5, 5.41) is 12.0. The fraction of sp³-hybridized carbons (Fsp3) is 0.600. The Labute approximate surface area is 129 Å². The molecule has 0 atom stereocenters. The largest absolute Gasteiger partial charge is 0.492 e. The maximum atomic E-state index is 8.70. The second-order valence-corrected chi connectivity index (χ2v) is 5.42. The van der Waals surface area contributed by atoms with Crippen molar-refractivity contribution >= 4 is 15.9 Å². The van der Waals surface area contributed by atoms with E-state index in [0.717, 1.165) is 49.2 Å². The van der Waals surface area contributed by atoms with Crippen LogP contribution in [-0.4, -0.2) is 38.6 Å². The van der Waals surface area contributed by atoms with Crippen LogP contribution in [0.1, 0.15) is 24.8 Å². The Bertz CT molecular complexity index is 374. The zero-order chi connectivity index (χ0) is 14.6. The smallest absolute Gasteiger partial charge is 0.133 e. The van der Waals surface area contributed by atoms with E-state index >= 15 is 0 Å². The first-order valence-corrected chi connectivity index (χ1v) is 7.79. The van der Waals surface area contributed by atoms with E-state index < -0.39 is 0 Å². The second-order valence-electron chi connectivity index (χ2n) is 4.57. The molecule has 0 aliphatic carbocycles. The number of hydrogen-bond donors (Lipinski definition) is 2. The van der Waals surface area contributed by atoms with Crippen LogP contribution in [0.3, 0.4) is 0 Å². The third kappa shape index (κ3) is 7.24. The van der Waals surface area contributed by atoms with Crippen LogP contribution >= 0.6 is 15.9 Å². The SMILES string of the molecule is COCCNCc1ccc(OCCCCCO)c(Br)c1. The summed E-state index contributed by atoms with van der Waals surface area (Å²) in [6, 6.07) is 6.12. The fourth-order valence-electron chi connectivity index (χ4n) is 1.75. The van der Waals surface area contributed by atoms with E-state index in [1.165, 1.54) is 5.56 Å². The molecule has 1 aromatic rings. The van der Waals surface area contributed by atoms with Gasteiger partial charge in [0, 0.05) is 26.8 Å². The van der Waals surface area contributed by atoms with Crippen molar-refractivity contribution in [3.8, 4) is 5.75 Å². The van der Waals surface area contributed by atoms with Crippen LogP contribution in [-0.2, 0) is 11.3 Å². The standard InChI is InChI=1S/C15H24BrNO3/c1-19-10-7-17-12-13-5-6-15(14(16)11-13)20-9-4-2-3-8-18/h5-6,11,17-18H,2-4,7-10,12H2,1H3. The lowest BCUT2D eigenvalue weighted by atomic mass is 10.2. The topological polar surface area (TPSA) is 50.7 Å². The van der Waals surface area contributed by atoms with Gasteiger partial charge in [-0.3, -0.25) is 0 Å². The van der Waals surface area contributed by atoms with Crippen LogP contribution in [0.2, 0.25) is 0 Å². The Morgan fingerprint density at radius 1 is 1.20 bits per heavy atom. The van der Waals surface area contributed by atoms with E-state index in [9.17, 15) is 0 Å². The van der Waals surface area contributed by atoms with Crippen LogP contribution in [0.25, 0.3) is 0 Å². The fourth-order valence-corrected chi connectivity index (χ4v) is 2.29. The van der Waals surface area contributed by atoms with Crippen molar-refractivity contribution in [1.82, 2.24) is 5.32 Å². The molecular formula is C15H24BrNO3. The number of unbranched alkanes of at least 4 members (excludes halogenated alkanes) is 2. The van der Waals surface area contributed by atoms with Gasteiger partial charge in [0.1, 0.15) is 5.75 Å². The molecule has 4 nitrogen and oxygen atoms in total. The molecule has 0 spiro atoms. The summed E-state index contributed by atoms with van der Waals surface area (Å²) in [5.41, 5.74) is 1.21. The Hall–Kier alpha value is -0.620. The molecule has 20 heavy (non-hydrogen) atoms. The first-order chi connectivity index (χ1) is 9.77. The number of benzene rings is 1. The van der Waals surface area contributed by atoms with Crippen LogP contribution < -0.4 is 10.1 Å². The van der Waals surface area contributed by atoms with E-state index in [1.807, 2.05) is 6.07 Å². The lowest BCUT2D eigenvalue weighted by molar-refractivity contribution is 0.199. The summed E-state index contributed by atoms with van der Waals surface area (Å²) < 4.78 is 11.7. The van der Waals surface area contributed by atoms with Gasteiger partial charge in [0.25, 0.3) is 0 Å². The summed E-state index contributed by atoms with van der Waals surface area (Å²) in [6.45, 7) is 3.32. The Balaban J connectivity index is 2.31. The lowest BCUT2D eigenvalue weighted by Gasteiger charge is -2.10. The Morgan fingerprint density at radius 3 is 2.75 bits per heavy atom. The number of ether oxygens (including phenoxy) is 2. The van der Waals surface area contributed by atoms with Gasteiger partial charge in [-0.2, -0.15) is 0 Å². The summed E-state index contributed by atoms with van der Waals surface area (Å²) >= 11 is 3.54. The minimum absolute atomic E-state index is 0.258. The minimum Gasteiger partial charge on any atom is -0.492 e. The number of aliphatic hydroxyl groups is 1. The zero-order valence-electron chi connectivity index (χ0n) is 12.0. The summed E-state index contributed by atoms with van der Waals surface area (Å²) in [4.78, 5) is 0. The molecule has 0 saturated carbocycles. The van der Waals surface area contributed by atoms with E-state index in [2.05, 4.69) is 33.4 Å². The molecule has 2 N–H and O–H groups in total. The molecule has 0 bridgehead atoms. The van der Waals surface area contributed by atoms with Gasteiger partial charge in [-0.1, -0.05) is 6.07 Å². The maximum Gasteiger partial charge on any atom is 0.133 e. The average Bonchev–Trinajstić information content (AvgIpc) is 2.45. The Morgan fingerprint density at radius 2 is 2.05 bits per heavy atom. The molecule has 0 aliphatic heterocycles. The third-order valence-electron chi connectivity index (χ3n) is 2.87. The summed E-state index contributed by atoms with van der Waals surface area (Å²) in [6.07, 6.45) is 2.81. The van der Waals surface area contributed by atoms with Gasteiger partial charge in [0.2, 0.25) is 0 Å². The van der Waals surface area contributed by atoms with E-state index in [0.29, 0.717) is 6.61 Å². The molecular weight excluding hydrogens is 322 g/mol. The van der Waals surface area contributed by atoms with Gasteiger partial charge < -0.3 is 19.9 Å². The van der Waals surface area contributed by atoms with Crippen molar-refractivity contribution in [3.63, 3.8) is 0 Å². The molecule has 1 aromatic carbocycles. The molecule has 0 radical (unpaired) electrons. The number of rotatable bonds is 11. The lowest BCUT2D eigenvalue weighted by Crippen LogP contribution is -2.18. The van der Waals surface area contributed by atoms with Gasteiger partial charge in [-0.05, 0) is 52.9 Å². The predicted octanol–water partition coefficient (Wildman–Crippen LogP) is 2.73. The molecule has 0 aliphatic rings. The van der Waals surface area contributed by atoms with Crippen LogP contribution in [0.4, 0.5) is 0 Å². The highest BCUT2D eigenvalue weighted by molar-refractivity contribution is 9.10. The number of halogens is 1. The summed E-state index contributed by atoms with van der Waals surface area (Å²) in [5.74, 6) is 0.870. The first-order valence-electron chi connectivity index (χ1n) is 6.99. The molecule has 0 saturated heterocycles. The highest BCUT2D eigenvalue weighted by Gasteiger charge is 2.02. The highest BCUT2D eigenvalue weighted by atomic mass is 79.9. The average molecular weight is 346 g/mol. The first kappa shape index (κ1) is 17.4. The van der Waals surface area contributed by atoms with Crippen molar-refractivity contribution in [2.24, 2.45) is 0 Å².